The van der Waals surface area contributed by atoms with Crippen molar-refractivity contribution >= 4 is 11.9 Å². The van der Waals surface area contributed by atoms with E-state index in [0.29, 0.717) is 6.54 Å². The molecule has 1 rings (SSSR count). The van der Waals surface area contributed by atoms with E-state index in [0.717, 1.165) is 64.7 Å². The number of nitrogens with zero attached hydrogens (tertiary/aromatic N) is 3. The molecule has 164 valence electrons. The normalized spacial score (nSPS) is 21.0. The fraction of sp³-hybridized carbons (Fsp3) is 0.905. The maximum Gasteiger partial charge on any atom is 0.310 e. The summed E-state index contributed by atoms with van der Waals surface area (Å²) in [7, 11) is 8.18. The van der Waals surface area contributed by atoms with Crippen molar-refractivity contribution in [2.45, 2.75) is 51.6 Å². The first-order chi connectivity index (χ1) is 13.3. The number of rotatable bonds is 12. The number of nitrogens with two attached hydrogens (primary N) is 1. The van der Waals surface area contributed by atoms with E-state index in [2.05, 4.69) is 9.80 Å². The molecule has 7 heteroatoms. The van der Waals surface area contributed by atoms with Crippen LogP contribution < -0.4 is 5.73 Å². The number of ether oxygens (including phenoxy) is 1. The highest BCUT2D eigenvalue weighted by atomic mass is 16.5. The molecule has 28 heavy (non-hydrogen) atoms. The van der Waals surface area contributed by atoms with Gasteiger partial charge in [-0.05, 0) is 73.9 Å². The van der Waals surface area contributed by atoms with Crippen LogP contribution in [-0.4, -0.2) is 93.6 Å². The summed E-state index contributed by atoms with van der Waals surface area (Å²) >= 11 is 0. The van der Waals surface area contributed by atoms with Crippen LogP contribution in [0.2, 0.25) is 0 Å². The molecule has 1 amide bonds. The summed E-state index contributed by atoms with van der Waals surface area (Å²) in [5.41, 5.74) is 5.59. The van der Waals surface area contributed by atoms with Crippen molar-refractivity contribution in [2.75, 3.05) is 60.9 Å². The Hall–Kier alpha value is -1.18. The molecule has 0 aliphatic heterocycles. The largest absolute Gasteiger partial charge is 0.461 e. The smallest absolute Gasteiger partial charge is 0.310 e. The van der Waals surface area contributed by atoms with Gasteiger partial charge in [0.1, 0.15) is 6.10 Å². The molecule has 2 N–H and O–H groups in total. The molecule has 0 bridgehead atoms. The maximum absolute atomic E-state index is 13.4. The van der Waals surface area contributed by atoms with Crippen LogP contribution in [0.4, 0.5) is 0 Å². The van der Waals surface area contributed by atoms with E-state index in [1.807, 2.05) is 33.1 Å². The number of carbonyl (C=O) groups excluding carboxylic acids is 2. The van der Waals surface area contributed by atoms with Crippen LogP contribution in [0.3, 0.4) is 0 Å². The molecule has 1 saturated carbocycles. The van der Waals surface area contributed by atoms with E-state index in [4.69, 9.17) is 10.5 Å². The summed E-state index contributed by atoms with van der Waals surface area (Å²) in [6.45, 7) is 5.47. The van der Waals surface area contributed by atoms with Crippen molar-refractivity contribution in [1.82, 2.24) is 14.7 Å². The van der Waals surface area contributed by atoms with Crippen LogP contribution in [-0.2, 0) is 14.3 Å². The van der Waals surface area contributed by atoms with Gasteiger partial charge in [-0.25, -0.2) is 0 Å². The molecule has 1 aliphatic carbocycles. The van der Waals surface area contributed by atoms with Gasteiger partial charge >= 0.3 is 5.97 Å². The maximum atomic E-state index is 13.4. The number of amides is 1. The topological polar surface area (TPSA) is 79.1 Å². The van der Waals surface area contributed by atoms with Gasteiger partial charge in [-0.3, -0.25) is 9.59 Å². The zero-order chi connectivity index (χ0) is 21.1. The lowest BCUT2D eigenvalue weighted by atomic mass is 9.78. The Bertz CT molecular complexity index is 457. The molecule has 0 aromatic carbocycles. The predicted molar refractivity (Wildman–Crippen MR) is 113 cm³/mol. The van der Waals surface area contributed by atoms with Gasteiger partial charge in [0.05, 0.1) is 11.8 Å². The Labute approximate surface area is 171 Å². The monoisotopic (exact) mass is 398 g/mol. The summed E-state index contributed by atoms with van der Waals surface area (Å²) in [4.78, 5) is 32.3. The quantitative estimate of drug-likeness (QED) is 0.501. The van der Waals surface area contributed by atoms with Gasteiger partial charge in [0, 0.05) is 19.6 Å². The van der Waals surface area contributed by atoms with Gasteiger partial charge in [0.25, 0.3) is 0 Å². The Morgan fingerprint density at radius 3 is 1.89 bits per heavy atom. The van der Waals surface area contributed by atoms with E-state index in [9.17, 15) is 9.59 Å². The highest BCUT2D eigenvalue weighted by molar-refractivity contribution is 5.85. The van der Waals surface area contributed by atoms with Gasteiger partial charge in [0.15, 0.2) is 0 Å². The van der Waals surface area contributed by atoms with E-state index in [-0.39, 0.29) is 29.8 Å². The van der Waals surface area contributed by atoms with Crippen molar-refractivity contribution in [3.8, 4) is 0 Å². The van der Waals surface area contributed by atoms with Crippen LogP contribution in [0.25, 0.3) is 0 Å². The number of hydrogen-bond acceptors (Lipinski definition) is 6. The molecule has 0 radical (unpaired) electrons. The average molecular weight is 399 g/mol. The summed E-state index contributed by atoms with van der Waals surface area (Å²) in [5.74, 6) is -0.720. The first-order valence-electron chi connectivity index (χ1n) is 10.7. The van der Waals surface area contributed by atoms with Gasteiger partial charge in [-0.15, -0.1) is 0 Å². The number of esters is 1. The third-order valence-corrected chi connectivity index (χ3v) is 5.41. The zero-order valence-corrected chi connectivity index (χ0v) is 18.7. The molecular weight excluding hydrogens is 356 g/mol. The van der Waals surface area contributed by atoms with Gasteiger partial charge in [-0.1, -0.05) is 12.8 Å². The van der Waals surface area contributed by atoms with Crippen molar-refractivity contribution in [1.29, 1.82) is 0 Å². The van der Waals surface area contributed by atoms with Crippen LogP contribution in [0.1, 0.15) is 45.4 Å². The van der Waals surface area contributed by atoms with Crippen molar-refractivity contribution in [3.05, 3.63) is 0 Å². The molecule has 1 fully saturated rings. The highest BCUT2D eigenvalue weighted by Crippen LogP contribution is 2.33. The van der Waals surface area contributed by atoms with Gasteiger partial charge in [0.2, 0.25) is 5.91 Å². The summed E-state index contributed by atoms with van der Waals surface area (Å²) in [6, 6.07) is 0. The van der Waals surface area contributed by atoms with E-state index in [1.165, 1.54) is 0 Å². The summed E-state index contributed by atoms with van der Waals surface area (Å²) in [5, 5.41) is 0. The molecule has 3 atom stereocenters. The Balaban J connectivity index is 2.80. The molecule has 0 aromatic rings. The molecule has 7 nitrogen and oxygen atoms in total. The highest BCUT2D eigenvalue weighted by Gasteiger charge is 2.39. The first kappa shape index (κ1) is 24.9. The van der Waals surface area contributed by atoms with Crippen LogP contribution in [0, 0.1) is 11.8 Å². The van der Waals surface area contributed by atoms with Crippen LogP contribution in [0.5, 0.6) is 0 Å². The van der Waals surface area contributed by atoms with Crippen LogP contribution >= 0.6 is 0 Å². The minimum absolute atomic E-state index is 0.125. The van der Waals surface area contributed by atoms with E-state index >= 15 is 0 Å². The Kier molecular flexibility index (Phi) is 11.6. The van der Waals surface area contributed by atoms with Crippen molar-refractivity contribution in [3.63, 3.8) is 0 Å². The Morgan fingerprint density at radius 1 is 0.929 bits per heavy atom. The van der Waals surface area contributed by atoms with E-state index < -0.39 is 0 Å². The average Bonchev–Trinajstić information content (AvgIpc) is 2.65. The third kappa shape index (κ3) is 8.88. The fourth-order valence-electron chi connectivity index (χ4n) is 3.76. The minimum atomic E-state index is -0.333. The van der Waals surface area contributed by atoms with Gasteiger partial charge < -0.3 is 25.2 Å². The SMILES string of the molecule is CC(CN)OC(=O)C1CCCCC1C(=O)N(CCCN(C)C)CCCN(C)C. The second kappa shape index (κ2) is 13.1. The Morgan fingerprint density at radius 2 is 1.43 bits per heavy atom. The molecule has 0 saturated heterocycles. The third-order valence-electron chi connectivity index (χ3n) is 5.41. The molecule has 3 unspecified atom stereocenters. The molecule has 0 heterocycles. The van der Waals surface area contributed by atoms with Crippen molar-refractivity contribution in [2.24, 2.45) is 17.6 Å². The lowest BCUT2D eigenvalue weighted by Gasteiger charge is -2.34. The fourth-order valence-corrected chi connectivity index (χ4v) is 3.76. The number of hydrogen-bond donors (Lipinski definition) is 1. The second-order valence-corrected chi connectivity index (χ2v) is 8.62. The standard InChI is InChI=1S/C21H42N4O3/c1-17(16-22)28-21(27)19-11-7-6-10-18(19)20(26)25(14-8-12-23(2)3)15-9-13-24(4)5/h17-19H,6-16,22H2,1-5H3. The van der Waals surface area contributed by atoms with Crippen molar-refractivity contribution < 1.29 is 14.3 Å². The molecule has 0 spiro atoms. The minimum Gasteiger partial charge on any atom is -0.461 e. The molecule has 1 aliphatic rings. The lowest BCUT2D eigenvalue weighted by Crippen LogP contribution is -2.45. The zero-order valence-electron chi connectivity index (χ0n) is 18.7. The lowest BCUT2D eigenvalue weighted by molar-refractivity contribution is -0.160. The summed E-state index contributed by atoms with van der Waals surface area (Å²) in [6.07, 6.45) is 5.04. The first-order valence-corrected chi connectivity index (χ1v) is 10.7. The predicted octanol–water partition coefficient (Wildman–Crippen LogP) is 1.42. The summed E-state index contributed by atoms with van der Waals surface area (Å²) < 4.78 is 5.48. The molecule has 0 aromatic heterocycles. The number of carbonyl (C=O) groups is 2. The van der Waals surface area contributed by atoms with Gasteiger partial charge in [-0.2, -0.15) is 0 Å². The van der Waals surface area contributed by atoms with E-state index in [1.54, 1.807) is 6.92 Å². The second-order valence-electron chi connectivity index (χ2n) is 8.62. The molecular formula is C21H42N4O3. The van der Waals surface area contributed by atoms with Crippen LogP contribution in [0.15, 0.2) is 0 Å².